The van der Waals surface area contributed by atoms with Gasteiger partial charge in [-0.05, 0) is 48.4 Å². The number of alkyl halides is 3. The molecule has 0 aliphatic carbocycles. The summed E-state index contributed by atoms with van der Waals surface area (Å²) in [5, 5.41) is 9.73. The highest BCUT2D eigenvalue weighted by Gasteiger charge is 2.34. The number of thiazole rings is 1. The standard InChI is InChI=1S/C27H29F3N4O3S2/c1-3-23-24(13-18-4-5-19(12-22(18)27(28,29)30)26-31-14-21(16-35)38-26)34-15-20(6-7-25(34)32-23)17-8-10-33(11-9-17)39(2,36)37/h4-7,12,14-15,17,35H,3,8-11,13,16H2,1-2H3. The van der Waals surface area contributed by atoms with E-state index < -0.39 is 21.8 Å². The summed E-state index contributed by atoms with van der Waals surface area (Å²) in [6, 6.07) is 8.14. The van der Waals surface area contributed by atoms with Crippen LogP contribution in [0.2, 0.25) is 0 Å². The van der Waals surface area contributed by atoms with E-state index in [1.807, 2.05) is 29.7 Å². The first-order valence-electron chi connectivity index (χ1n) is 12.7. The maximum atomic E-state index is 14.2. The Kier molecular flexibility index (Phi) is 7.57. The zero-order valence-corrected chi connectivity index (χ0v) is 23.2. The van der Waals surface area contributed by atoms with Crippen LogP contribution in [0.15, 0.2) is 42.7 Å². The number of nitrogens with zero attached hydrogens (tertiary/aromatic N) is 4. The highest BCUT2D eigenvalue weighted by molar-refractivity contribution is 7.88. The van der Waals surface area contributed by atoms with Crippen molar-refractivity contribution in [1.82, 2.24) is 18.7 Å². The predicted molar refractivity (Wildman–Crippen MR) is 144 cm³/mol. The van der Waals surface area contributed by atoms with Crippen molar-refractivity contribution in [2.24, 2.45) is 0 Å². The summed E-state index contributed by atoms with van der Waals surface area (Å²) in [5.74, 6) is 0.153. The lowest BCUT2D eigenvalue weighted by Crippen LogP contribution is -2.37. The van der Waals surface area contributed by atoms with E-state index in [2.05, 4.69) is 9.97 Å². The molecule has 4 heterocycles. The second-order valence-electron chi connectivity index (χ2n) is 9.82. The number of aliphatic hydroxyl groups excluding tert-OH is 1. The minimum absolute atomic E-state index is 0.0508. The number of hydrogen-bond acceptors (Lipinski definition) is 6. The number of hydrogen-bond donors (Lipinski definition) is 1. The average Bonchev–Trinajstić information content (AvgIpc) is 3.52. The van der Waals surface area contributed by atoms with Gasteiger partial charge in [0, 0.05) is 37.5 Å². The second kappa shape index (κ2) is 10.6. The SMILES string of the molecule is CCc1nc2ccc(C3CCN(S(C)(=O)=O)CC3)cn2c1Cc1ccc(-c2ncc(CO)s2)cc1C(F)(F)F. The van der Waals surface area contributed by atoms with Crippen molar-refractivity contribution in [2.45, 2.75) is 51.3 Å². The maximum absolute atomic E-state index is 14.2. The number of rotatable bonds is 7. The molecule has 39 heavy (non-hydrogen) atoms. The Balaban J connectivity index is 1.50. The van der Waals surface area contributed by atoms with Crippen LogP contribution in [0.5, 0.6) is 0 Å². The molecule has 0 saturated carbocycles. The fraction of sp³-hybridized carbons (Fsp3) is 0.407. The molecular weight excluding hydrogens is 549 g/mol. The lowest BCUT2D eigenvalue weighted by Gasteiger charge is -2.30. The van der Waals surface area contributed by atoms with Gasteiger partial charge in [0.25, 0.3) is 0 Å². The van der Waals surface area contributed by atoms with E-state index in [0.29, 0.717) is 59.1 Å². The van der Waals surface area contributed by atoms with E-state index in [0.717, 1.165) is 28.7 Å². The van der Waals surface area contributed by atoms with Gasteiger partial charge in [-0.15, -0.1) is 11.3 Å². The largest absolute Gasteiger partial charge is 0.416 e. The Morgan fingerprint density at radius 2 is 1.90 bits per heavy atom. The molecule has 0 amide bonds. The number of aromatic nitrogens is 3. The van der Waals surface area contributed by atoms with Crippen LogP contribution < -0.4 is 0 Å². The van der Waals surface area contributed by atoms with Crippen molar-refractivity contribution in [3.05, 3.63) is 75.7 Å². The van der Waals surface area contributed by atoms with Crippen LogP contribution >= 0.6 is 11.3 Å². The van der Waals surface area contributed by atoms with Gasteiger partial charge in [-0.1, -0.05) is 25.1 Å². The normalized spacial score (nSPS) is 15.8. The molecule has 0 bridgehead atoms. The van der Waals surface area contributed by atoms with Crippen LogP contribution in [0.4, 0.5) is 13.2 Å². The molecule has 1 aliphatic rings. The number of pyridine rings is 1. The highest BCUT2D eigenvalue weighted by atomic mass is 32.2. The molecule has 208 valence electrons. The third-order valence-electron chi connectivity index (χ3n) is 7.28. The zero-order valence-electron chi connectivity index (χ0n) is 21.6. The van der Waals surface area contributed by atoms with Crippen LogP contribution in [-0.4, -0.2) is 51.5 Å². The monoisotopic (exact) mass is 578 g/mol. The van der Waals surface area contributed by atoms with E-state index in [1.54, 1.807) is 6.07 Å². The second-order valence-corrected chi connectivity index (χ2v) is 12.9. The molecule has 0 radical (unpaired) electrons. The predicted octanol–water partition coefficient (Wildman–Crippen LogP) is 5.26. The van der Waals surface area contributed by atoms with Gasteiger partial charge in [0.2, 0.25) is 10.0 Å². The molecule has 1 saturated heterocycles. The molecule has 0 atom stereocenters. The van der Waals surface area contributed by atoms with Crippen LogP contribution in [-0.2, 0) is 35.6 Å². The fourth-order valence-corrected chi connectivity index (χ4v) is 6.86. The van der Waals surface area contributed by atoms with Gasteiger partial charge >= 0.3 is 6.18 Å². The van der Waals surface area contributed by atoms with Crippen LogP contribution in [0.1, 0.15) is 58.6 Å². The highest BCUT2D eigenvalue weighted by Crippen LogP contribution is 2.37. The van der Waals surface area contributed by atoms with Gasteiger partial charge in [0.1, 0.15) is 10.7 Å². The first-order valence-corrected chi connectivity index (χ1v) is 15.3. The number of benzene rings is 1. The van der Waals surface area contributed by atoms with Crippen molar-refractivity contribution < 1.29 is 26.7 Å². The van der Waals surface area contributed by atoms with E-state index in [1.165, 1.54) is 22.8 Å². The molecule has 7 nitrogen and oxygen atoms in total. The van der Waals surface area contributed by atoms with E-state index in [9.17, 15) is 26.7 Å². The number of aliphatic hydroxyl groups is 1. The van der Waals surface area contributed by atoms with Gasteiger partial charge in [-0.25, -0.2) is 22.7 Å². The first kappa shape index (κ1) is 27.8. The molecule has 0 unspecified atom stereocenters. The Morgan fingerprint density at radius 3 is 2.51 bits per heavy atom. The molecule has 0 spiro atoms. The quantitative estimate of drug-likeness (QED) is 0.323. The van der Waals surface area contributed by atoms with Crippen molar-refractivity contribution in [1.29, 1.82) is 0 Å². The molecule has 3 aromatic heterocycles. The third-order valence-corrected chi connectivity index (χ3v) is 9.62. The topological polar surface area (TPSA) is 87.8 Å². The lowest BCUT2D eigenvalue weighted by molar-refractivity contribution is -0.138. The summed E-state index contributed by atoms with van der Waals surface area (Å²) in [7, 11) is -3.23. The maximum Gasteiger partial charge on any atom is 0.416 e. The number of piperidine rings is 1. The minimum Gasteiger partial charge on any atom is -0.391 e. The number of imidazole rings is 1. The Hall–Kier alpha value is -2.80. The summed E-state index contributed by atoms with van der Waals surface area (Å²) in [5.41, 5.74) is 2.92. The van der Waals surface area contributed by atoms with Gasteiger partial charge in [0.05, 0.1) is 34.7 Å². The molecule has 1 aliphatic heterocycles. The summed E-state index contributed by atoms with van der Waals surface area (Å²) in [4.78, 5) is 9.44. The molecule has 4 aromatic rings. The summed E-state index contributed by atoms with van der Waals surface area (Å²) < 4.78 is 69.9. The van der Waals surface area contributed by atoms with Gasteiger partial charge in [0.15, 0.2) is 0 Å². The molecule has 1 fully saturated rings. The summed E-state index contributed by atoms with van der Waals surface area (Å²) >= 11 is 1.16. The lowest BCUT2D eigenvalue weighted by atomic mass is 9.91. The third kappa shape index (κ3) is 5.74. The van der Waals surface area contributed by atoms with E-state index in [4.69, 9.17) is 0 Å². The molecule has 1 aromatic carbocycles. The minimum atomic E-state index is -4.56. The average molecular weight is 579 g/mol. The zero-order chi connectivity index (χ0) is 27.9. The van der Waals surface area contributed by atoms with Crippen molar-refractivity contribution in [2.75, 3.05) is 19.3 Å². The van der Waals surface area contributed by atoms with Gasteiger partial charge < -0.3 is 9.51 Å². The van der Waals surface area contributed by atoms with Crippen molar-refractivity contribution in [3.8, 4) is 10.6 Å². The van der Waals surface area contributed by atoms with E-state index in [-0.39, 0.29) is 24.5 Å². The summed E-state index contributed by atoms with van der Waals surface area (Å²) in [6.07, 6.45) is 2.05. The smallest absolute Gasteiger partial charge is 0.391 e. The Bertz CT molecular complexity index is 1600. The number of sulfonamides is 1. The van der Waals surface area contributed by atoms with Gasteiger partial charge in [-0.2, -0.15) is 13.2 Å². The number of aryl methyl sites for hydroxylation is 1. The van der Waals surface area contributed by atoms with Crippen molar-refractivity contribution in [3.63, 3.8) is 0 Å². The van der Waals surface area contributed by atoms with Crippen LogP contribution in [0.25, 0.3) is 16.2 Å². The number of fused-ring (bicyclic) bond motifs is 1. The molecule has 12 heteroatoms. The number of halogens is 3. The van der Waals surface area contributed by atoms with E-state index >= 15 is 0 Å². The van der Waals surface area contributed by atoms with Gasteiger partial charge in [-0.3, -0.25) is 0 Å². The first-order chi connectivity index (χ1) is 18.5. The van der Waals surface area contributed by atoms with Crippen molar-refractivity contribution >= 4 is 27.0 Å². The molecule has 1 N–H and O–H groups in total. The molecular formula is C27H29F3N4O3S2. The van der Waals surface area contributed by atoms with Crippen LogP contribution in [0.3, 0.4) is 0 Å². The Labute approximate surface area is 229 Å². The van der Waals surface area contributed by atoms with Crippen LogP contribution in [0, 0.1) is 0 Å². The Morgan fingerprint density at radius 1 is 1.15 bits per heavy atom. The molecule has 5 rings (SSSR count). The summed E-state index contributed by atoms with van der Waals surface area (Å²) in [6.45, 7) is 2.61. The fourth-order valence-electron chi connectivity index (χ4n) is 5.21.